The van der Waals surface area contributed by atoms with Gasteiger partial charge in [0.2, 0.25) is 0 Å². The highest BCUT2D eigenvalue weighted by molar-refractivity contribution is 4.93. The maximum absolute atomic E-state index is 6.57. The lowest BCUT2D eigenvalue weighted by atomic mass is 9.76. The van der Waals surface area contributed by atoms with Crippen LogP contribution in [0.2, 0.25) is 0 Å². The second-order valence-electron chi connectivity index (χ2n) is 8.19. The van der Waals surface area contributed by atoms with Crippen molar-refractivity contribution in [2.45, 2.75) is 103 Å². The Labute approximate surface area is 126 Å². The first-order valence-corrected chi connectivity index (χ1v) is 8.85. The second kappa shape index (κ2) is 6.79. The molecule has 118 valence electrons. The van der Waals surface area contributed by atoms with Gasteiger partial charge in [0.25, 0.3) is 0 Å². The molecule has 2 rings (SSSR count). The SMILES string of the molecule is CCCC1CCC(CNC(C)(C)C)(OC2CCC2)CC1. The summed E-state index contributed by atoms with van der Waals surface area (Å²) in [4.78, 5) is 0. The van der Waals surface area contributed by atoms with Crippen molar-refractivity contribution < 1.29 is 4.74 Å². The van der Waals surface area contributed by atoms with Crippen molar-refractivity contribution in [3.8, 4) is 0 Å². The van der Waals surface area contributed by atoms with Gasteiger partial charge in [-0.15, -0.1) is 0 Å². The van der Waals surface area contributed by atoms with Crippen molar-refractivity contribution in [2.24, 2.45) is 5.92 Å². The average molecular weight is 281 g/mol. The Morgan fingerprint density at radius 1 is 1.10 bits per heavy atom. The normalized spacial score (nSPS) is 32.1. The molecule has 2 fully saturated rings. The van der Waals surface area contributed by atoms with Crippen molar-refractivity contribution in [1.82, 2.24) is 5.32 Å². The fourth-order valence-corrected chi connectivity index (χ4v) is 3.51. The van der Waals surface area contributed by atoms with Crippen LogP contribution in [0.3, 0.4) is 0 Å². The lowest BCUT2D eigenvalue weighted by Gasteiger charge is -2.45. The van der Waals surface area contributed by atoms with Gasteiger partial charge in [0.05, 0.1) is 11.7 Å². The molecular weight excluding hydrogens is 246 g/mol. The minimum atomic E-state index is 0.128. The van der Waals surface area contributed by atoms with Crippen LogP contribution in [0.25, 0.3) is 0 Å². The molecule has 2 saturated carbocycles. The summed E-state index contributed by atoms with van der Waals surface area (Å²) >= 11 is 0. The van der Waals surface area contributed by atoms with Crippen LogP contribution in [0, 0.1) is 5.92 Å². The van der Waals surface area contributed by atoms with Crippen LogP contribution in [-0.4, -0.2) is 23.8 Å². The van der Waals surface area contributed by atoms with Crippen LogP contribution in [0.15, 0.2) is 0 Å². The molecule has 0 bridgehead atoms. The van der Waals surface area contributed by atoms with E-state index in [4.69, 9.17) is 4.74 Å². The molecule has 0 radical (unpaired) electrons. The number of hydrogen-bond acceptors (Lipinski definition) is 2. The molecule has 0 aliphatic heterocycles. The van der Waals surface area contributed by atoms with Crippen LogP contribution in [0.5, 0.6) is 0 Å². The first-order valence-electron chi connectivity index (χ1n) is 8.85. The van der Waals surface area contributed by atoms with E-state index in [2.05, 4.69) is 33.0 Å². The molecular formula is C18H35NO. The highest BCUT2D eigenvalue weighted by Crippen LogP contribution is 2.40. The fourth-order valence-electron chi connectivity index (χ4n) is 3.51. The third kappa shape index (κ3) is 4.73. The molecule has 0 unspecified atom stereocenters. The third-order valence-electron chi connectivity index (χ3n) is 5.12. The van der Waals surface area contributed by atoms with Crippen molar-refractivity contribution in [3.63, 3.8) is 0 Å². The Hall–Kier alpha value is -0.0800. The van der Waals surface area contributed by atoms with Gasteiger partial charge in [0.15, 0.2) is 0 Å². The van der Waals surface area contributed by atoms with Gasteiger partial charge in [-0.2, -0.15) is 0 Å². The van der Waals surface area contributed by atoms with Gasteiger partial charge in [0.1, 0.15) is 0 Å². The summed E-state index contributed by atoms with van der Waals surface area (Å²) in [5.74, 6) is 0.952. The zero-order chi connectivity index (χ0) is 14.6. The largest absolute Gasteiger partial charge is 0.370 e. The second-order valence-corrected chi connectivity index (χ2v) is 8.19. The number of ether oxygens (including phenoxy) is 1. The Morgan fingerprint density at radius 3 is 2.20 bits per heavy atom. The molecule has 2 nitrogen and oxygen atoms in total. The quantitative estimate of drug-likeness (QED) is 0.763. The van der Waals surface area contributed by atoms with Gasteiger partial charge in [-0.1, -0.05) is 19.8 Å². The van der Waals surface area contributed by atoms with Crippen molar-refractivity contribution >= 4 is 0 Å². The van der Waals surface area contributed by atoms with E-state index < -0.39 is 0 Å². The van der Waals surface area contributed by atoms with Gasteiger partial charge >= 0.3 is 0 Å². The molecule has 0 saturated heterocycles. The minimum absolute atomic E-state index is 0.128. The van der Waals surface area contributed by atoms with Crippen LogP contribution >= 0.6 is 0 Å². The Kier molecular flexibility index (Phi) is 5.53. The van der Waals surface area contributed by atoms with Crippen molar-refractivity contribution in [1.29, 1.82) is 0 Å². The number of hydrogen-bond donors (Lipinski definition) is 1. The molecule has 0 amide bonds. The van der Waals surface area contributed by atoms with Crippen molar-refractivity contribution in [2.75, 3.05) is 6.54 Å². The molecule has 0 atom stereocenters. The van der Waals surface area contributed by atoms with Gasteiger partial charge in [-0.3, -0.25) is 0 Å². The van der Waals surface area contributed by atoms with E-state index in [1.54, 1.807) is 0 Å². The zero-order valence-electron chi connectivity index (χ0n) is 14.1. The summed E-state index contributed by atoms with van der Waals surface area (Å²) in [5, 5.41) is 3.71. The molecule has 2 aliphatic carbocycles. The van der Waals surface area contributed by atoms with E-state index in [0.717, 1.165) is 12.5 Å². The van der Waals surface area contributed by atoms with Gasteiger partial charge in [-0.05, 0) is 71.6 Å². The van der Waals surface area contributed by atoms with Gasteiger partial charge < -0.3 is 10.1 Å². The molecule has 2 aliphatic rings. The van der Waals surface area contributed by atoms with Gasteiger partial charge in [0, 0.05) is 12.1 Å². The topological polar surface area (TPSA) is 21.3 Å². The summed E-state index contributed by atoms with van der Waals surface area (Å²) in [5.41, 5.74) is 0.318. The van der Waals surface area contributed by atoms with Crippen LogP contribution < -0.4 is 5.32 Å². The summed E-state index contributed by atoms with van der Waals surface area (Å²) in [7, 11) is 0. The van der Waals surface area contributed by atoms with Gasteiger partial charge in [-0.25, -0.2) is 0 Å². The maximum Gasteiger partial charge on any atom is 0.0810 e. The fraction of sp³-hybridized carbons (Fsp3) is 1.00. The molecule has 20 heavy (non-hydrogen) atoms. The maximum atomic E-state index is 6.57. The van der Waals surface area contributed by atoms with Crippen LogP contribution in [0.4, 0.5) is 0 Å². The Morgan fingerprint density at radius 2 is 1.75 bits per heavy atom. The number of rotatable bonds is 6. The predicted octanol–water partition coefficient (Wildman–Crippen LogP) is 4.67. The first-order chi connectivity index (χ1) is 9.42. The average Bonchev–Trinajstić information content (AvgIpc) is 2.34. The van der Waals surface area contributed by atoms with E-state index in [1.165, 1.54) is 57.8 Å². The Balaban J connectivity index is 1.90. The lowest BCUT2D eigenvalue weighted by molar-refractivity contribution is -0.143. The monoisotopic (exact) mass is 281 g/mol. The summed E-state index contributed by atoms with van der Waals surface area (Å²) in [6.07, 6.45) is 12.5. The zero-order valence-corrected chi connectivity index (χ0v) is 14.1. The minimum Gasteiger partial charge on any atom is -0.370 e. The molecule has 0 heterocycles. The van der Waals surface area contributed by atoms with Crippen LogP contribution in [0.1, 0.15) is 85.5 Å². The first kappa shape index (κ1) is 16.3. The summed E-state index contributed by atoms with van der Waals surface area (Å²) < 4.78 is 6.57. The highest BCUT2D eigenvalue weighted by atomic mass is 16.5. The smallest absolute Gasteiger partial charge is 0.0810 e. The molecule has 2 heteroatoms. The van der Waals surface area contributed by atoms with E-state index in [1.807, 2.05) is 0 Å². The summed E-state index contributed by atoms with van der Waals surface area (Å²) in [6.45, 7) is 10.1. The predicted molar refractivity (Wildman–Crippen MR) is 86.1 cm³/mol. The molecule has 0 spiro atoms. The lowest BCUT2D eigenvalue weighted by Crippen LogP contribution is -2.53. The van der Waals surface area contributed by atoms with Crippen molar-refractivity contribution in [3.05, 3.63) is 0 Å². The van der Waals surface area contributed by atoms with E-state index >= 15 is 0 Å². The molecule has 0 aromatic rings. The van der Waals surface area contributed by atoms with Crippen LogP contribution in [-0.2, 0) is 4.74 Å². The van der Waals surface area contributed by atoms with E-state index in [0.29, 0.717) is 6.10 Å². The van der Waals surface area contributed by atoms with E-state index in [-0.39, 0.29) is 11.1 Å². The third-order valence-corrected chi connectivity index (χ3v) is 5.12. The molecule has 0 aromatic carbocycles. The summed E-state index contributed by atoms with van der Waals surface area (Å²) in [6, 6.07) is 0. The van der Waals surface area contributed by atoms with E-state index in [9.17, 15) is 0 Å². The number of nitrogens with one attached hydrogen (secondary N) is 1. The highest BCUT2D eigenvalue weighted by Gasteiger charge is 2.39. The standard InChI is InChI=1S/C18H35NO/c1-5-7-15-10-12-18(13-11-15,14-19-17(2,3)4)20-16-8-6-9-16/h15-16,19H,5-14H2,1-4H3. The molecule has 1 N–H and O–H groups in total. The molecule has 0 aromatic heterocycles. The Bertz CT molecular complexity index is 282.